The first kappa shape index (κ1) is 26.3. The summed E-state index contributed by atoms with van der Waals surface area (Å²) in [6.07, 6.45) is 1.91. The molecule has 6 rings (SSSR count). The summed E-state index contributed by atoms with van der Waals surface area (Å²) in [5.74, 6) is -5.37. The van der Waals surface area contributed by atoms with Crippen LogP contribution in [0.4, 0.5) is 5.69 Å². The van der Waals surface area contributed by atoms with Gasteiger partial charge in [-0.15, -0.1) is 23.2 Å². The van der Waals surface area contributed by atoms with Crippen LogP contribution in [0, 0.1) is 17.8 Å². The minimum atomic E-state index is -2.02. The Labute approximate surface area is 242 Å². The second-order valence-corrected chi connectivity index (χ2v) is 12.0. The SMILES string of the molecule is COc1cccc(O)c1[C@H]1C2=CC[C@@H]3C(=O)N(c4ccccc4)C(=O)[C@@H]3[C@@H]2C[C@@]2(Cl)C(=O)N(CBr)C(=O)[C@@]12Cl. The predicted molar refractivity (Wildman–Crippen MR) is 147 cm³/mol. The number of amides is 4. The van der Waals surface area contributed by atoms with E-state index in [1.807, 2.05) is 6.08 Å². The number of anilines is 1. The Balaban J connectivity index is 1.57. The number of benzene rings is 2. The number of nitrogens with zero attached hydrogens (tertiary/aromatic N) is 2. The molecule has 1 N–H and O–H groups in total. The molecule has 1 saturated carbocycles. The van der Waals surface area contributed by atoms with Crippen molar-refractivity contribution < 1.29 is 29.0 Å². The molecule has 3 fully saturated rings. The molecule has 2 aromatic rings. The molecule has 2 aliphatic carbocycles. The molecule has 0 aromatic heterocycles. The molecule has 0 radical (unpaired) electrons. The van der Waals surface area contributed by atoms with Crippen molar-refractivity contribution in [3.8, 4) is 11.5 Å². The molecule has 202 valence electrons. The fourth-order valence-electron chi connectivity index (χ4n) is 6.90. The van der Waals surface area contributed by atoms with E-state index in [9.17, 15) is 24.3 Å². The first-order chi connectivity index (χ1) is 18.6. The number of rotatable bonds is 4. The third-order valence-corrected chi connectivity index (χ3v) is 10.5. The molecule has 11 heteroatoms. The fraction of sp³-hybridized carbons (Fsp3) is 0.357. The van der Waals surface area contributed by atoms with Crippen molar-refractivity contribution in [1.29, 1.82) is 0 Å². The van der Waals surface area contributed by atoms with Gasteiger partial charge in [0.25, 0.3) is 11.8 Å². The van der Waals surface area contributed by atoms with Crippen LogP contribution >= 0.6 is 39.1 Å². The van der Waals surface area contributed by atoms with E-state index in [0.717, 1.165) is 4.90 Å². The normalized spacial score (nSPS) is 33.6. The van der Waals surface area contributed by atoms with Crippen LogP contribution in [0.1, 0.15) is 24.3 Å². The zero-order chi connectivity index (χ0) is 27.9. The Kier molecular flexibility index (Phi) is 6.13. The maximum absolute atomic E-state index is 13.9. The standard InChI is InChI=1S/C28H23BrCl2N2O6/c1-39-19-9-5-8-18(34)21(19)22-15-10-11-16-20(24(36)33(23(16)35)14-6-3-2-4-7-14)17(15)12-27(30)25(37)32(13-29)26(38)28(22,27)31/h2-10,16-17,20,22,34H,11-13H2,1H3/t16-,17+,20-,22+,27+,28-/m0/s1. The summed E-state index contributed by atoms with van der Waals surface area (Å²) in [5.41, 5.74) is 1.11. The maximum Gasteiger partial charge on any atom is 0.254 e. The van der Waals surface area contributed by atoms with Crippen molar-refractivity contribution in [1.82, 2.24) is 4.90 Å². The number of phenols is 1. The number of halogens is 3. The summed E-state index contributed by atoms with van der Waals surface area (Å²) in [5, 5.41) is 11.1. The van der Waals surface area contributed by atoms with Gasteiger partial charge in [0.15, 0.2) is 9.75 Å². The van der Waals surface area contributed by atoms with E-state index in [1.54, 1.807) is 42.5 Å². The number of fused-ring (bicyclic) bond motifs is 4. The Hall–Kier alpha value is -2.88. The first-order valence-electron chi connectivity index (χ1n) is 12.4. The van der Waals surface area contributed by atoms with Gasteiger partial charge >= 0.3 is 0 Å². The van der Waals surface area contributed by atoms with Crippen molar-refractivity contribution in [3.05, 3.63) is 65.7 Å². The van der Waals surface area contributed by atoms with E-state index < -0.39 is 51.1 Å². The van der Waals surface area contributed by atoms with Gasteiger partial charge in [-0.05, 0) is 43.0 Å². The third kappa shape index (κ3) is 3.30. The minimum absolute atomic E-state index is 0.132. The smallest absolute Gasteiger partial charge is 0.254 e. The molecule has 2 aliphatic heterocycles. The molecular weight excluding hydrogens is 611 g/mol. The van der Waals surface area contributed by atoms with Crippen LogP contribution in [0.2, 0.25) is 0 Å². The molecular formula is C28H23BrCl2N2O6. The molecule has 4 aliphatic rings. The number of phenolic OH excluding ortho intramolecular Hbond substituents is 1. The highest BCUT2D eigenvalue weighted by atomic mass is 79.9. The van der Waals surface area contributed by atoms with Crippen molar-refractivity contribution in [2.24, 2.45) is 17.8 Å². The Morgan fingerprint density at radius 3 is 2.38 bits per heavy atom. The van der Waals surface area contributed by atoms with Crippen LogP contribution in [-0.2, 0) is 19.2 Å². The molecule has 39 heavy (non-hydrogen) atoms. The van der Waals surface area contributed by atoms with Gasteiger partial charge in [0.1, 0.15) is 11.5 Å². The number of allylic oxidation sites excluding steroid dienone is 2. The number of para-hydroxylation sites is 1. The van der Waals surface area contributed by atoms with E-state index in [2.05, 4.69) is 15.9 Å². The van der Waals surface area contributed by atoms with Gasteiger partial charge in [0, 0.05) is 11.5 Å². The largest absolute Gasteiger partial charge is 0.508 e. The molecule has 0 unspecified atom stereocenters. The highest BCUT2D eigenvalue weighted by Gasteiger charge is 2.76. The van der Waals surface area contributed by atoms with Crippen LogP contribution in [0.3, 0.4) is 0 Å². The summed E-state index contributed by atoms with van der Waals surface area (Å²) >= 11 is 17.6. The lowest BCUT2D eigenvalue weighted by atomic mass is 9.56. The molecule has 2 saturated heterocycles. The third-order valence-electron chi connectivity index (χ3n) is 8.58. The van der Waals surface area contributed by atoms with E-state index >= 15 is 0 Å². The molecule has 4 amide bonds. The number of carbonyl (C=O) groups is 4. The lowest BCUT2D eigenvalue weighted by molar-refractivity contribution is -0.138. The van der Waals surface area contributed by atoms with Crippen molar-refractivity contribution in [2.45, 2.75) is 28.5 Å². The molecule has 0 spiro atoms. The van der Waals surface area contributed by atoms with Gasteiger partial charge in [0.2, 0.25) is 11.8 Å². The predicted octanol–water partition coefficient (Wildman–Crippen LogP) is 4.32. The van der Waals surface area contributed by atoms with Crippen LogP contribution in [0.25, 0.3) is 0 Å². The quantitative estimate of drug-likeness (QED) is 0.233. The number of carbonyl (C=O) groups excluding carboxylic acids is 4. The summed E-state index contributed by atoms with van der Waals surface area (Å²) < 4.78 is 5.56. The second kappa shape index (κ2) is 9.08. The van der Waals surface area contributed by atoms with Crippen LogP contribution in [-0.4, -0.2) is 55.9 Å². The monoisotopic (exact) mass is 632 g/mol. The molecule has 0 bridgehead atoms. The van der Waals surface area contributed by atoms with Gasteiger partial charge in [0.05, 0.1) is 30.1 Å². The van der Waals surface area contributed by atoms with E-state index in [0.29, 0.717) is 11.3 Å². The number of imide groups is 2. The summed E-state index contributed by atoms with van der Waals surface area (Å²) in [7, 11) is 1.42. The number of methoxy groups -OCH3 is 1. The number of alkyl halides is 3. The van der Waals surface area contributed by atoms with Crippen LogP contribution in [0.15, 0.2) is 60.2 Å². The highest BCUT2D eigenvalue weighted by molar-refractivity contribution is 9.09. The maximum atomic E-state index is 13.9. The molecule has 2 heterocycles. The van der Waals surface area contributed by atoms with Crippen molar-refractivity contribution in [3.63, 3.8) is 0 Å². The highest BCUT2D eigenvalue weighted by Crippen LogP contribution is 2.67. The molecule has 2 aromatic carbocycles. The van der Waals surface area contributed by atoms with Crippen LogP contribution < -0.4 is 9.64 Å². The summed E-state index contributed by atoms with van der Waals surface area (Å²) in [4.78, 5) is 53.2. The van der Waals surface area contributed by atoms with Gasteiger partial charge < -0.3 is 9.84 Å². The molecule has 6 atom stereocenters. The van der Waals surface area contributed by atoms with E-state index in [1.165, 1.54) is 18.1 Å². The van der Waals surface area contributed by atoms with E-state index in [-0.39, 0.29) is 41.3 Å². The topological polar surface area (TPSA) is 104 Å². The van der Waals surface area contributed by atoms with E-state index in [4.69, 9.17) is 27.9 Å². The Morgan fingerprint density at radius 2 is 1.72 bits per heavy atom. The van der Waals surface area contributed by atoms with Crippen molar-refractivity contribution >= 4 is 68.4 Å². The average Bonchev–Trinajstić information content (AvgIpc) is 3.27. The van der Waals surface area contributed by atoms with Crippen LogP contribution in [0.5, 0.6) is 11.5 Å². The Morgan fingerprint density at radius 1 is 1.00 bits per heavy atom. The Bertz CT molecular complexity index is 1470. The number of ether oxygens (including phenoxy) is 1. The lowest BCUT2D eigenvalue weighted by Crippen LogP contribution is -2.60. The first-order valence-corrected chi connectivity index (χ1v) is 14.3. The lowest BCUT2D eigenvalue weighted by Gasteiger charge is -2.50. The van der Waals surface area contributed by atoms with Gasteiger partial charge in [-0.25, -0.2) is 0 Å². The zero-order valence-electron chi connectivity index (χ0n) is 20.6. The summed E-state index contributed by atoms with van der Waals surface area (Å²) in [6, 6.07) is 13.3. The van der Waals surface area contributed by atoms with Crippen molar-refractivity contribution in [2.75, 3.05) is 17.5 Å². The molecule has 8 nitrogen and oxygen atoms in total. The number of hydrogen-bond donors (Lipinski definition) is 1. The van der Waals surface area contributed by atoms with Gasteiger partial charge in [-0.3, -0.25) is 29.0 Å². The average molecular weight is 634 g/mol. The van der Waals surface area contributed by atoms with Gasteiger partial charge in [-0.2, -0.15) is 0 Å². The fourth-order valence-corrected chi connectivity index (χ4v) is 8.31. The number of likely N-dealkylation sites (tertiary alicyclic amines) is 1. The number of aromatic hydroxyl groups is 1. The summed E-state index contributed by atoms with van der Waals surface area (Å²) in [6.45, 7) is 0. The second-order valence-electron chi connectivity index (χ2n) is 10.2. The number of hydrogen-bond acceptors (Lipinski definition) is 6. The minimum Gasteiger partial charge on any atom is -0.508 e. The van der Waals surface area contributed by atoms with Gasteiger partial charge in [-0.1, -0.05) is 51.8 Å². The zero-order valence-corrected chi connectivity index (χ0v) is 23.7.